The maximum atomic E-state index is 13.3. The van der Waals surface area contributed by atoms with Crippen molar-refractivity contribution in [3.05, 3.63) is 95.6 Å². The number of amides is 2. The lowest BCUT2D eigenvalue weighted by Gasteiger charge is -2.35. The molecule has 1 atom stereocenters. The van der Waals surface area contributed by atoms with Gasteiger partial charge in [0, 0.05) is 12.0 Å². The molecule has 1 unspecified atom stereocenters. The van der Waals surface area contributed by atoms with E-state index in [1.54, 1.807) is 34.6 Å². The van der Waals surface area contributed by atoms with Crippen LogP contribution in [0.4, 0.5) is 9.59 Å². The third kappa shape index (κ3) is 6.81. The van der Waals surface area contributed by atoms with E-state index in [4.69, 9.17) is 14.2 Å². The largest absolute Gasteiger partial charge is 0.458 e. The van der Waals surface area contributed by atoms with E-state index >= 15 is 0 Å². The summed E-state index contributed by atoms with van der Waals surface area (Å²) in [6.45, 7) is 8.66. The first-order chi connectivity index (χ1) is 19.0. The van der Waals surface area contributed by atoms with Crippen LogP contribution < -0.4 is 5.32 Å². The predicted octanol–water partition coefficient (Wildman–Crippen LogP) is 6.24. The van der Waals surface area contributed by atoms with Gasteiger partial charge in [0.1, 0.15) is 18.8 Å². The third-order valence-corrected chi connectivity index (χ3v) is 6.48. The van der Waals surface area contributed by atoms with E-state index < -0.39 is 36.0 Å². The number of alkyl carbamates (subject to hydrolysis) is 1. The van der Waals surface area contributed by atoms with E-state index in [1.165, 1.54) is 0 Å². The molecule has 8 heteroatoms. The Balaban J connectivity index is 1.52. The van der Waals surface area contributed by atoms with Gasteiger partial charge >= 0.3 is 18.2 Å². The van der Waals surface area contributed by atoms with Crippen molar-refractivity contribution in [2.75, 3.05) is 6.61 Å². The Morgan fingerprint density at radius 2 is 1.38 bits per heavy atom. The molecule has 0 heterocycles. The second-order valence-electron chi connectivity index (χ2n) is 10.9. The molecule has 0 aromatic heterocycles. The maximum absolute atomic E-state index is 13.3. The summed E-state index contributed by atoms with van der Waals surface area (Å²) in [5, 5.41) is 2.56. The third-order valence-electron chi connectivity index (χ3n) is 6.48. The number of carbonyl (C=O) groups is 3. The van der Waals surface area contributed by atoms with Gasteiger partial charge in [-0.15, -0.1) is 0 Å². The highest BCUT2D eigenvalue weighted by Crippen LogP contribution is 2.44. The molecule has 210 valence electrons. The normalized spacial score (nSPS) is 13.2. The van der Waals surface area contributed by atoms with Gasteiger partial charge in [0.2, 0.25) is 6.17 Å². The first kappa shape index (κ1) is 28.7. The molecule has 40 heavy (non-hydrogen) atoms. The van der Waals surface area contributed by atoms with Gasteiger partial charge < -0.3 is 14.2 Å². The minimum absolute atomic E-state index is 0.0250. The minimum atomic E-state index is -1.46. The smallest absolute Gasteiger partial charge is 0.412 e. The quantitative estimate of drug-likeness (QED) is 0.205. The van der Waals surface area contributed by atoms with Crippen molar-refractivity contribution >= 4 is 18.2 Å². The van der Waals surface area contributed by atoms with Crippen LogP contribution in [-0.4, -0.2) is 47.5 Å². The first-order valence-corrected chi connectivity index (χ1v) is 13.4. The van der Waals surface area contributed by atoms with Crippen molar-refractivity contribution in [1.29, 1.82) is 0 Å². The molecule has 0 fully saturated rings. The van der Waals surface area contributed by atoms with E-state index in [0.29, 0.717) is 0 Å². The number of nitrogens with zero attached hydrogens (tertiary/aromatic N) is 1. The summed E-state index contributed by atoms with van der Waals surface area (Å²) >= 11 is 0. The number of rotatable bonds is 8. The highest BCUT2D eigenvalue weighted by atomic mass is 16.6. The average molecular weight is 545 g/mol. The zero-order chi connectivity index (χ0) is 28.9. The Morgan fingerprint density at radius 3 is 1.93 bits per heavy atom. The molecule has 0 spiro atoms. The molecule has 0 saturated carbocycles. The number of ether oxygens (including phenoxy) is 3. The van der Waals surface area contributed by atoms with Crippen LogP contribution in [0.3, 0.4) is 0 Å². The molecule has 1 aliphatic rings. The van der Waals surface area contributed by atoms with Crippen LogP contribution in [0.1, 0.15) is 57.2 Å². The SMILES string of the molecule is CC(C)N(C(=O)OC(C)(C)C)C(NC(=O)OCC1c2ccccc2-c2ccccc21)C(=O)OCc1ccccc1. The van der Waals surface area contributed by atoms with Gasteiger partial charge in [0.05, 0.1) is 0 Å². The van der Waals surface area contributed by atoms with Gasteiger partial charge in [-0.2, -0.15) is 0 Å². The molecule has 1 aliphatic carbocycles. The monoisotopic (exact) mass is 544 g/mol. The molecule has 0 saturated heterocycles. The summed E-state index contributed by atoms with van der Waals surface area (Å²) in [7, 11) is 0. The Morgan fingerprint density at radius 1 is 0.825 bits per heavy atom. The number of benzene rings is 3. The second-order valence-corrected chi connectivity index (χ2v) is 10.9. The number of fused-ring (bicyclic) bond motifs is 3. The van der Waals surface area contributed by atoms with Crippen molar-refractivity contribution < 1.29 is 28.6 Å². The second kappa shape index (κ2) is 12.2. The number of carbonyl (C=O) groups excluding carboxylic acids is 3. The van der Waals surface area contributed by atoms with Crippen LogP contribution in [0.25, 0.3) is 11.1 Å². The summed E-state index contributed by atoms with van der Waals surface area (Å²) in [5.41, 5.74) is 4.28. The van der Waals surface area contributed by atoms with Crippen LogP contribution in [0.5, 0.6) is 0 Å². The Kier molecular flexibility index (Phi) is 8.77. The molecular formula is C32H36N2O6. The fourth-order valence-electron chi connectivity index (χ4n) is 4.73. The van der Waals surface area contributed by atoms with Crippen LogP contribution in [0.2, 0.25) is 0 Å². The molecule has 4 rings (SSSR count). The topological polar surface area (TPSA) is 94.2 Å². The van der Waals surface area contributed by atoms with E-state index in [1.807, 2.05) is 78.9 Å². The molecule has 0 radical (unpaired) electrons. The number of nitrogens with one attached hydrogen (secondary N) is 1. The highest BCUT2D eigenvalue weighted by molar-refractivity contribution is 5.85. The van der Waals surface area contributed by atoms with Crippen LogP contribution in [-0.2, 0) is 25.6 Å². The molecule has 1 N–H and O–H groups in total. The van der Waals surface area contributed by atoms with E-state index in [9.17, 15) is 14.4 Å². The zero-order valence-corrected chi connectivity index (χ0v) is 23.5. The van der Waals surface area contributed by atoms with Crippen LogP contribution in [0, 0.1) is 0 Å². The van der Waals surface area contributed by atoms with E-state index in [-0.39, 0.29) is 19.1 Å². The molecule has 0 aliphatic heterocycles. The molecule has 3 aromatic rings. The fourth-order valence-corrected chi connectivity index (χ4v) is 4.73. The van der Waals surface area contributed by atoms with Gasteiger partial charge in [0.25, 0.3) is 0 Å². The summed E-state index contributed by atoms with van der Waals surface area (Å²) in [4.78, 5) is 40.7. The van der Waals surface area contributed by atoms with Gasteiger partial charge in [-0.3, -0.25) is 10.2 Å². The summed E-state index contributed by atoms with van der Waals surface area (Å²) in [6, 6.07) is 24.7. The van der Waals surface area contributed by atoms with Crippen molar-refractivity contribution in [1.82, 2.24) is 10.2 Å². The molecule has 8 nitrogen and oxygen atoms in total. The van der Waals surface area contributed by atoms with Crippen molar-refractivity contribution in [2.24, 2.45) is 0 Å². The Bertz CT molecular complexity index is 1300. The molecular weight excluding hydrogens is 508 g/mol. The Hall–Kier alpha value is -4.33. The van der Waals surface area contributed by atoms with Crippen molar-refractivity contribution in [3.8, 4) is 11.1 Å². The first-order valence-electron chi connectivity index (χ1n) is 13.4. The Labute approximate surface area is 235 Å². The van der Waals surface area contributed by atoms with Crippen molar-refractivity contribution in [2.45, 2.75) is 65.0 Å². The number of esters is 1. The predicted molar refractivity (Wildman–Crippen MR) is 151 cm³/mol. The molecule has 0 bridgehead atoms. The maximum Gasteiger partial charge on any atom is 0.412 e. The van der Waals surface area contributed by atoms with Gasteiger partial charge in [-0.05, 0) is 62.4 Å². The summed E-state index contributed by atoms with van der Waals surface area (Å²) < 4.78 is 16.7. The zero-order valence-electron chi connectivity index (χ0n) is 23.5. The van der Waals surface area contributed by atoms with E-state index in [0.717, 1.165) is 32.7 Å². The van der Waals surface area contributed by atoms with Crippen LogP contribution >= 0.6 is 0 Å². The lowest BCUT2D eigenvalue weighted by molar-refractivity contribution is -0.153. The van der Waals surface area contributed by atoms with Crippen LogP contribution in [0.15, 0.2) is 78.9 Å². The van der Waals surface area contributed by atoms with Crippen molar-refractivity contribution in [3.63, 3.8) is 0 Å². The van der Waals surface area contributed by atoms with Gasteiger partial charge in [-0.1, -0.05) is 78.9 Å². The van der Waals surface area contributed by atoms with E-state index in [2.05, 4.69) is 5.32 Å². The fraction of sp³-hybridized carbons (Fsp3) is 0.344. The van der Waals surface area contributed by atoms with Gasteiger partial charge in [0.15, 0.2) is 0 Å². The van der Waals surface area contributed by atoms with Gasteiger partial charge in [-0.25, -0.2) is 14.4 Å². The summed E-state index contributed by atoms with van der Waals surface area (Å²) in [6.07, 6.45) is -3.07. The molecule has 2 amide bonds. The number of hydrogen-bond donors (Lipinski definition) is 1. The number of hydrogen-bond acceptors (Lipinski definition) is 6. The summed E-state index contributed by atoms with van der Waals surface area (Å²) in [5.74, 6) is -0.967. The standard InChI is InChI=1S/C32H36N2O6/c1-21(2)34(31(37)40-32(3,4)5)28(29(35)38-19-22-13-7-6-8-14-22)33-30(36)39-20-27-25-17-11-9-15-23(25)24-16-10-12-18-26(24)27/h6-18,21,27-28H,19-20H2,1-5H3,(H,33,36). The lowest BCUT2D eigenvalue weighted by atomic mass is 9.98. The minimum Gasteiger partial charge on any atom is -0.458 e. The molecule has 3 aromatic carbocycles. The average Bonchev–Trinajstić information content (AvgIpc) is 3.23. The highest BCUT2D eigenvalue weighted by Gasteiger charge is 2.38. The lowest BCUT2D eigenvalue weighted by Crippen LogP contribution is -2.59.